The molecule has 1 saturated heterocycles. The number of benzene rings is 3. The third-order valence-corrected chi connectivity index (χ3v) is 5.36. The summed E-state index contributed by atoms with van der Waals surface area (Å²) < 4.78 is 5.70. The van der Waals surface area contributed by atoms with Gasteiger partial charge >= 0.3 is 0 Å². The zero-order valence-corrected chi connectivity index (χ0v) is 17.8. The molecular formula is C25H27N3O3. The van der Waals surface area contributed by atoms with Gasteiger partial charge in [0.2, 0.25) is 5.91 Å². The van der Waals surface area contributed by atoms with Crippen molar-refractivity contribution >= 4 is 34.0 Å². The third-order valence-electron chi connectivity index (χ3n) is 5.36. The molecule has 0 spiro atoms. The van der Waals surface area contributed by atoms with Crippen molar-refractivity contribution in [3.05, 3.63) is 72.3 Å². The number of nitrogens with one attached hydrogen (secondary N) is 2. The van der Waals surface area contributed by atoms with Crippen LogP contribution in [0.1, 0.15) is 24.2 Å². The molecule has 6 heteroatoms. The zero-order chi connectivity index (χ0) is 21.8. The molecule has 4 rings (SSSR count). The molecular weight excluding hydrogens is 390 g/mol. The molecule has 2 amide bonds. The molecule has 0 radical (unpaired) electrons. The Balaban J connectivity index is 1.34. The lowest BCUT2D eigenvalue weighted by molar-refractivity contribution is -0.114. The number of anilines is 2. The summed E-state index contributed by atoms with van der Waals surface area (Å²) in [5.74, 6) is -0.130. The second-order valence-electron chi connectivity index (χ2n) is 7.97. The van der Waals surface area contributed by atoms with Gasteiger partial charge in [0.15, 0.2) is 0 Å². The van der Waals surface area contributed by atoms with E-state index < -0.39 is 0 Å². The minimum atomic E-state index is -0.132. The van der Waals surface area contributed by atoms with Gasteiger partial charge in [-0.2, -0.15) is 0 Å². The molecule has 3 aromatic carbocycles. The predicted molar refractivity (Wildman–Crippen MR) is 123 cm³/mol. The molecule has 1 aliphatic rings. The van der Waals surface area contributed by atoms with E-state index in [1.54, 1.807) is 12.1 Å². The molecule has 1 aliphatic heterocycles. The van der Waals surface area contributed by atoms with E-state index in [4.69, 9.17) is 4.74 Å². The van der Waals surface area contributed by atoms with Crippen LogP contribution in [0.15, 0.2) is 66.7 Å². The highest BCUT2D eigenvalue weighted by Gasteiger charge is 2.26. The average Bonchev–Trinajstić information content (AvgIpc) is 2.77. The third kappa shape index (κ3) is 5.03. The van der Waals surface area contributed by atoms with Crippen LogP contribution in [0.4, 0.5) is 11.4 Å². The standard InChI is InChI=1S/C25H27N3O3/c1-17-15-28(16-18(2)31-17)25(30)20-10-12-21(13-11-20)26-14-24(29)27-23-9-5-7-19-6-3-4-8-22(19)23/h3-13,17-18,26H,14-16H2,1-2H3,(H,27,29). The van der Waals surface area contributed by atoms with Crippen molar-refractivity contribution in [2.24, 2.45) is 0 Å². The Hall–Kier alpha value is -3.38. The first-order valence-corrected chi connectivity index (χ1v) is 10.6. The molecule has 2 atom stereocenters. The average molecular weight is 418 g/mol. The summed E-state index contributed by atoms with van der Waals surface area (Å²) in [5.41, 5.74) is 2.21. The summed E-state index contributed by atoms with van der Waals surface area (Å²) in [6.07, 6.45) is 0.0720. The number of carbonyl (C=O) groups is 2. The van der Waals surface area contributed by atoms with Gasteiger partial charge in [-0.25, -0.2) is 0 Å². The fraction of sp³-hybridized carbons (Fsp3) is 0.280. The first-order valence-electron chi connectivity index (χ1n) is 10.6. The Labute approximate surface area is 182 Å². The van der Waals surface area contributed by atoms with Crippen molar-refractivity contribution in [2.45, 2.75) is 26.1 Å². The highest BCUT2D eigenvalue weighted by Crippen LogP contribution is 2.23. The van der Waals surface area contributed by atoms with Crippen LogP contribution in [0, 0.1) is 0 Å². The molecule has 3 aromatic rings. The Morgan fingerprint density at radius 1 is 0.935 bits per heavy atom. The second-order valence-corrected chi connectivity index (χ2v) is 7.97. The summed E-state index contributed by atoms with van der Waals surface area (Å²) >= 11 is 0. The van der Waals surface area contributed by atoms with E-state index in [2.05, 4.69) is 10.6 Å². The first-order chi connectivity index (χ1) is 15.0. The van der Waals surface area contributed by atoms with Crippen LogP contribution < -0.4 is 10.6 Å². The van der Waals surface area contributed by atoms with E-state index in [1.165, 1.54) is 0 Å². The van der Waals surface area contributed by atoms with E-state index in [0.717, 1.165) is 22.1 Å². The van der Waals surface area contributed by atoms with Crippen LogP contribution in [0.5, 0.6) is 0 Å². The van der Waals surface area contributed by atoms with E-state index in [1.807, 2.05) is 73.3 Å². The van der Waals surface area contributed by atoms with Gasteiger partial charge in [-0.15, -0.1) is 0 Å². The molecule has 1 heterocycles. The second kappa shape index (κ2) is 9.18. The number of amides is 2. The summed E-state index contributed by atoms with van der Waals surface area (Å²) in [4.78, 5) is 27.0. The molecule has 6 nitrogen and oxygen atoms in total. The number of hydrogen-bond donors (Lipinski definition) is 2. The quantitative estimate of drug-likeness (QED) is 0.655. The highest BCUT2D eigenvalue weighted by atomic mass is 16.5. The number of nitrogens with zero attached hydrogens (tertiary/aromatic N) is 1. The van der Waals surface area contributed by atoms with Gasteiger partial charge < -0.3 is 20.3 Å². The van der Waals surface area contributed by atoms with Crippen molar-refractivity contribution in [3.63, 3.8) is 0 Å². The topological polar surface area (TPSA) is 70.7 Å². The molecule has 2 unspecified atom stereocenters. The van der Waals surface area contributed by atoms with Gasteiger partial charge in [0.05, 0.1) is 18.8 Å². The molecule has 1 fully saturated rings. The van der Waals surface area contributed by atoms with Gasteiger partial charge in [-0.3, -0.25) is 9.59 Å². The van der Waals surface area contributed by atoms with Crippen LogP contribution >= 0.6 is 0 Å². The number of ether oxygens (including phenoxy) is 1. The molecule has 2 N–H and O–H groups in total. The number of rotatable bonds is 5. The molecule has 0 saturated carbocycles. The van der Waals surface area contributed by atoms with E-state index in [0.29, 0.717) is 18.7 Å². The van der Waals surface area contributed by atoms with E-state index >= 15 is 0 Å². The summed E-state index contributed by atoms with van der Waals surface area (Å²) in [6.45, 7) is 5.28. The van der Waals surface area contributed by atoms with Crippen LogP contribution in [0.25, 0.3) is 10.8 Å². The number of morpholine rings is 1. The Kier molecular flexibility index (Phi) is 6.18. The molecule has 0 aromatic heterocycles. The Bertz CT molecular complexity index is 1070. The van der Waals surface area contributed by atoms with Crippen molar-refractivity contribution in [1.29, 1.82) is 0 Å². The largest absolute Gasteiger partial charge is 0.376 e. The van der Waals surface area contributed by atoms with Crippen molar-refractivity contribution in [2.75, 3.05) is 30.3 Å². The fourth-order valence-corrected chi connectivity index (χ4v) is 3.97. The van der Waals surface area contributed by atoms with Gasteiger partial charge in [0, 0.05) is 35.4 Å². The number of hydrogen-bond acceptors (Lipinski definition) is 4. The van der Waals surface area contributed by atoms with Crippen LogP contribution in [-0.2, 0) is 9.53 Å². The lowest BCUT2D eigenvalue weighted by Gasteiger charge is -2.35. The molecule has 160 valence electrons. The highest BCUT2D eigenvalue weighted by molar-refractivity contribution is 6.03. The summed E-state index contributed by atoms with van der Waals surface area (Å²) in [7, 11) is 0. The SMILES string of the molecule is CC1CN(C(=O)c2ccc(NCC(=O)Nc3cccc4ccccc34)cc2)CC(C)O1. The predicted octanol–water partition coefficient (Wildman–Crippen LogP) is 4.14. The number of fused-ring (bicyclic) bond motifs is 1. The van der Waals surface area contributed by atoms with Crippen molar-refractivity contribution in [3.8, 4) is 0 Å². The lowest BCUT2D eigenvalue weighted by atomic mass is 10.1. The minimum Gasteiger partial charge on any atom is -0.376 e. The first kappa shape index (κ1) is 20.9. The molecule has 31 heavy (non-hydrogen) atoms. The Morgan fingerprint density at radius 3 is 2.35 bits per heavy atom. The summed E-state index contributed by atoms with van der Waals surface area (Å²) in [5, 5.41) is 8.17. The van der Waals surface area contributed by atoms with Crippen molar-refractivity contribution in [1.82, 2.24) is 4.90 Å². The van der Waals surface area contributed by atoms with E-state index in [9.17, 15) is 9.59 Å². The van der Waals surface area contributed by atoms with E-state index in [-0.39, 0.29) is 30.6 Å². The number of carbonyl (C=O) groups excluding carboxylic acids is 2. The van der Waals surface area contributed by atoms with Crippen LogP contribution in [0.2, 0.25) is 0 Å². The van der Waals surface area contributed by atoms with Crippen LogP contribution in [0.3, 0.4) is 0 Å². The summed E-state index contributed by atoms with van der Waals surface area (Å²) in [6, 6.07) is 21.0. The van der Waals surface area contributed by atoms with Gasteiger partial charge in [-0.1, -0.05) is 36.4 Å². The zero-order valence-electron chi connectivity index (χ0n) is 17.8. The lowest BCUT2D eigenvalue weighted by Crippen LogP contribution is -2.48. The van der Waals surface area contributed by atoms with Crippen LogP contribution in [-0.4, -0.2) is 48.6 Å². The molecule has 0 aliphatic carbocycles. The Morgan fingerprint density at radius 2 is 1.61 bits per heavy atom. The monoisotopic (exact) mass is 417 g/mol. The van der Waals surface area contributed by atoms with Gasteiger partial charge in [0.1, 0.15) is 0 Å². The maximum atomic E-state index is 12.8. The maximum absolute atomic E-state index is 12.8. The smallest absolute Gasteiger partial charge is 0.254 e. The normalized spacial score (nSPS) is 18.6. The fourth-order valence-electron chi connectivity index (χ4n) is 3.97. The molecule has 0 bridgehead atoms. The minimum absolute atomic E-state index is 0.00208. The maximum Gasteiger partial charge on any atom is 0.254 e. The van der Waals surface area contributed by atoms with Crippen molar-refractivity contribution < 1.29 is 14.3 Å². The van der Waals surface area contributed by atoms with Gasteiger partial charge in [-0.05, 0) is 49.6 Å². The van der Waals surface area contributed by atoms with Gasteiger partial charge in [0.25, 0.3) is 5.91 Å².